The Labute approximate surface area is 121 Å². The molecule has 0 saturated carbocycles. The molecule has 0 amide bonds. The molecular weight excluding hydrogens is 282 g/mol. The molecule has 0 aliphatic carbocycles. The Kier molecular flexibility index (Phi) is 4.45. The van der Waals surface area contributed by atoms with Crippen molar-refractivity contribution in [2.75, 3.05) is 12.4 Å². The molecule has 1 aromatic heterocycles. The number of nitrogens with one attached hydrogen (secondary N) is 1. The number of halogens is 1. The molecule has 1 unspecified atom stereocenters. The van der Waals surface area contributed by atoms with Crippen LogP contribution in [0.15, 0.2) is 35.0 Å². The highest BCUT2D eigenvalue weighted by Crippen LogP contribution is 2.28. The standard InChI is InChI=1S/C14H14ClNO2S/c1-9(11-5-6-19-8-11)16-13-7-10(14(17)18-2)3-4-12(13)15/h3-9,16H,1-2H3. The maximum atomic E-state index is 11.5. The molecule has 3 nitrogen and oxygen atoms in total. The second-order valence-electron chi connectivity index (χ2n) is 4.11. The SMILES string of the molecule is COC(=O)c1ccc(Cl)c(NC(C)c2ccsc2)c1. The lowest BCUT2D eigenvalue weighted by molar-refractivity contribution is 0.0601. The number of benzene rings is 1. The van der Waals surface area contributed by atoms with E-state index in [4.69, 9.17) is 16.3 Å². The number of anilines is 1. The lowest BCUT2D eigenvalue weighted by Gasteiger charge is -2.16. The normalized spacial score (nSPS) is 11.9. The second-order valence-corrected chi connectivity index (χ2v) is 5.30. The summed E-state index contributed by atoms with van der Waals surface area (Å²) in [5, 5.41) is 7.98. The summed E-state index contributed by atoms with van der Waals surface area (Å²) >= 11 is 7.78. The van der Waals surface area contributed by atoms with Crippen LogP contribution in [0.3, 0.4) is 0 Å². The first-order chi connectivity index (χ1) is 9.11. The van der Waals surface area contributed by atoms with Crippen molar-refractivity contribution in [3.05, 3.63) is 51.2 Å². The first kappa shape index (κ1) is 13.9. The summed E-state index contributed by atoms with van der Waals surface area (Å²) < 4.78 is 4.70. The largest absolute Gasteiger partial charge is 0.465 e. The van der Waals surface area contributed by atoms with E-state index in [1.54, 1.807) is 29.5 Å². The van der Waals surface area contributed by atoms with Crippen LogP contribution in [0.2, 0.25) is 5.02 Å². The number of thiophene rings is 1. The number of carbonyl (C=O) groups is 1. The molecule has 0 aliphatic rings. The van der Waals surface area contributed by atoms with E-state index in [2.05, 4.69) is 16.8 Å². The minimum absolute atomic E-state index is 0.122. The maximum Gasteiger partial charge on any atom is 0.337 e. The number of ether oxygens (including phenoxy) is 1. The molecule has 1 heterocycles. The molecule has 0 bridgehead atoms. The molecule has 1 N–H and O–H groups in total. The zero-order valence-corrected chi connectivity index (χ0v) is 12.2. The van der Waals surface area contributed by atoms with Crippen LogP contribution < -0.4 is 5.32 Å². The van der Waals surface area contributed by atoms with Crippen LogP contribution in [0, 0.1) is 0 Å². The molecule has 0 radical (unpaired) electrons. The number of hydrogen-bond donors (Lipinski definition) is 1. The zero-order valence-electron chi connectivity index (χ0n) is 10.6. The van der Waals surface area contributed by atoms with Gasteiger partial charge in [0.15, 0.2) is 0 Å². The highest BCUT2D eigenvalue weighted by Gasteiger charge is 2.12. The molecule has 2 rings (SSSR count). The van der Waals surface area contributed by atoms with E-state index in [9.17, 15) is 4.79 Å². The Hall–Kier alpha value is -1.52. The first-order valence-electron chi connectivity index (χ1n) is 5.78. The Morgan fingerprint density at radius 2 is 2.21 bits per heavy atom. The van der Waals surface area contributed by atoms with Gasteiger partial charge in [-0.05, 0) is 47.5 Å². The minimum atomic E-state index is -0.372. The smallest absolute Gasteiger partial charge is 0.337 e. The van der Waals surface area contributed by atoms with Gasteiger partial charge in [-0.15, -0.1) is 0 Å². The molecular formula is C14H14ClNO2S. The van der Waals surface area contributed by atoms with Gasteiger partial charge in [-0.3, -0.25) is 0 Å². The van der Waals surface area contributed by atoms with Crippen molar-refractivity contribution in [2.45, 2.75) is 13.0 Å². The first-order valence-corrected chi connectivity index (χ1v) is 7.10. The Balaban J connectivity index is 2.22. The van der Waals surface area contributed by atoms with Gasteiger partial charge in [0.05, 0.1) is 23.4 Å². The van der Waals surface area contributed by atoms with Crippen molar-refractivity contribution < 1.29 is 9.53 Å². The summed E-state index contributed by atoms with van der Waals surface area (Å²) in [6.07, 6.45) is 0. The summed E-state index contributed by atoms with van der Waals surface area (Å²) in [5.41, 5.74) is 2.39. The van der Waals surface area contributed by atoms with Gasteiger partial charge in [0.2, 0.25) is 0 Å². The number of esters is 1. The van der Waals surface area contributed by atoms with Crippen LogP contribution in [-0.4, -0.2) is 13.1 Å². The van der Waals surface area contributed by atoms with E-state index in [1.807, 2.05) is 12.3 Å². The molecule has 100 valence electrons. The summed E-state index contributed by atoms with van der Waals surface area (Å²) in [4.78, 5) is 11.5. The van der Waals surface area contributed by atoms with Crippen LogP contribution in [0.5, 0.6) is 0 Å². The van der Waals surface area contributed by atoms with Gasteiger partial charge in [0, 0.05) is 6.04 Å². The predicted molar refractivity (Wildman–Crippen MR) is 79.1 cm³/mol. The number of rotatable bonds is 4. The van der Waals surface area contributed by atoms with Gasteiger partial charge in [0.1, 0.15) is 0 Å². The molecule has 0 spiro atoms. The monoisotopic (exact) mass is 295 g/mol. The number of methoxy groups -OCH3 is 1. The van der Waals surface area contributed by atoms with Crippen molar-refractivity contribution in [2.24, 2.45) is 0 Å². The molecule has 5 heteroatoms. The zero-order chi connectivity index (χ0) is 13.8. The van der Waals surface area contributed by atoms with Crippen LogP contribution in [0.1, 0.15) is 28.9 Å². The van der Waals surface area contributed by atoms with Gasteiger partial charge in [0.25, 0.3) is 0 Å². The van der Waals surface area contributed by atoms with Gasteiger partial charge in [-0.2, -0.15) is 11.3 Å². The van der Waals surface area contributed by atoms with Crippen molar-refractivity contribution in [1.29, 1.82) is 0 Å². The van der Waals surface area contributed by atoms with E-state index >= 15 is 0 Å². The van der Waals surface area contributed by atoms with E-state index in [1.165, 1.54) is 12.7 Å². The van der Waals surface area contributed by atoms with Crippen LogP contribution >= 0.6 is 22.9 Å². The second kappa shape index (κ2) is 6.08. The summed E-state index contributed by atoms with van der Waals surface area (Å²) in [6, 6.07) is 7.22. The molecule has 1 aromatic carbocycles. The van der Waals surface area contributed by atoms with Crippen molar-refractivity contribution >= 4 is 34.6 Å². The topological polar surface area (TPSA) is 38.3 Å². The lowest BCUT2D eigenvalue weighted by atomic mass is 10.1. The Bertz CT molecular complexity index is 569. The fourth-order valence-electron chi connectivity index (χ4n) is 1.72. The molecule has 2 aromatic rings. The summed E-state index contributed by atoms with van der Waals surface area (Å²) in [5.74, 6) is -0.372. The average molecular weight is 296 g/mol. The van der Waals surface area contributed by atoms with Crippen molar-refractivity contribution in [3.63, 3.8) is 0 Å². The van der Waals surface area contributed by atoms with Crippen LogP contribution in [0.4, 0.5) is 5.69 Å². The lowest BCUT2D eigenvalue weighted by Crippen LogP contribution is -2.08. The minimum Gasteiger partial charge on any atom is -0.465 e. The number of carbonyl (C=O) groups excluding carboxylic acids is 1. The Morgan fingerprint density at radius 1 is 1.42 bits per heavy atom. The Morgan fingerprint density at radius 3 is 2.84 bits per heavy atom. The highest BCUT2D eigenvalue weighted by atomic mass is 35.5. The van der Waals surface area contributed by atoms with Gasteiger partial charge < -0.3 is 10.1 Å². The molecule has 0 fully saturated rings. The molecule has 1 atom stereocenters. The van der Waals surface area contributed by atoms with E-state index in [-0.39, 0.29) is 12.0 Å². The van der Waals surface area contributed by atoms with Crippen LogP contribution in [-0.2, 0) is 4.74 Å². The van der Waals surface area contributed by atoms with Crippen molar-refractivity contribution in [1.82, 2.24) is 0 Å². The maximum absolute atomic E-state index is 11.5. The van der Waals surface area contributed by atoms with Crippen LogP contribution in [0.25, 0.3) is 0 Å². The van der Waals surface area contributed by atoms with E-state index in [0.29, 0.717) is 10.6 Å². The van der Waals surface area contributed by atoms with Gasteiger partial charge >= 0.3 is 5.97 Å². The molecule has 0 aliphatic heterocycles. The number of hydrogen-bond acceptors (Lipinski definition) is 4. The quantitative estimate of drug-likeness (QED) is 0.852. The molecule has 0 saturated heterocycles. The predicted octanol–water partition coefficient (Wildman–Crippen LogP) is 4.36. The van der Waals surface area contributed by atoms with E-state index < -0.39 is 0 Å². The third-order valence-electron chi connectivity index (χ3n) is 2.80. The highest BCUT2D eigenvalue weighted by molar-refractivity contribution is 7.08. The fourth-order valence-corrected chi connectivity index (χ4v) is 2.64. The summed E-state index contributed by atoms with van der Waals surface area (Å²) in [7, 11) is 1.36. The summed E-state index contributed by atoms with van der Waals surface area (Å²) in [6.45, 7) is 2.04. The van der Waals surface area contributed by atoms with Crippen molar-refractivity contribution in [3.8, 4) is 0 Å². The molecule has 19 heavy (non-hydrogen) atoms. The van der Waals surface area contributed by atoms with E-state index in [0.717, 1.165) is 5.69 Å². The van der Waals surface area contributed by atoms with Gasteiger partial charge in [-0.1, -0.05) is 11.6 Å². The third kappa shape index (κ3) is 3.28. The van der Waals surface area contributed by atoms with Gasteiger partial charge in [-0.25, -0.2) is 4.79 Å². The fraction of sp³-hybridized carbons (Fsp3) is 0.214. The average Bonchev–Trinajstić information content (AvgIpc) is 2.94. The third-order valence-corrected chi connectivity index (χ3v) is 3.83.